The van der Waals surface area contributed by atoms with Crippen LogP contribution in [0.15, 0.2) is 82.8 Å². The number of carbonyl (C=O) groups is 2. The summed E-state index contributed by atoms with van der Waals surface area (Å²) in [7, 11) is 7.21. The van der Waals surface area contributed by atoms with E-state index in [0.29, 0.717) is 43.7 Å². The van der Waals surface area contributed by atoms with E-state index < -0.39 is 0 Å². The van der Waals surface area contributed by atoms with Crippen molar-refractivity contribution in [2.24, 2.45) is 17.9 Å². The van der Waals surface area contributed by atoms with Gasteiger partial charge in [0.1, 0.15) is 11.6 Å². The first kappa shape index (κ1) is 43.8. The Morgan fingerprint density at radius 3 is 2.25 bits per heavy atom. The number of halogens is 1. The van der Waals surface area contributed by atoms with Crippen molar-refractivity contribution in [2.45, 2.75) is 19.9 Å². The summed E-state index contributed by atoms with van der Waals surface area (Å²) in [6.45, 7) is 5.33. The molecular weight excluding hydrogens is 674 g/mol. The lowest BCUT2D eigenvalue weighted by molar-refractivity contribution is -0.110. The summed E-state index contributed by atoms with van der Waals surface area (Å²) in [5.74, 6) is 0.727. The van der Waals surface area contributed by atoms with Gasteiger partial charge < -0.3 is 26.3 Å². The number of anilines is 1. The second kappa shape index (κ2) is 24.0. The van der Waals surface area contributed by atoms with Gasteiger partial charge in [-0.15, -0.1) is 12.8 Å². The zero-order chi connectivity index (χ0) is 38.3. The molecule has 4 aromatic rings. The number of carbonyl (C=O) groups excluding carboxylic acids is 2. The number of benzene rings is 2. The highest BCUT2D eigenvalue weighted by Gasteiger charge is 2.23. The number of para-hydroxylation sites is 1. The summed E-state index contributed by atoms with van der Waals surface area (Å²) in [5.41, 5.74) is 10.1. The Hall–Kier alpha value is -5.24. The number of nitrogens with one attached hydrogen (secondary N) is 3. The van der Waals surface area contributed by atoms with E-state index >= 15 is 0 Å². The number of pyridine rings is 1. The fraction of sp³-hybridized carbons (Fsp3) is 0.278. The second-order valence-electron chi connectivity index (χ2n) is 10.7. The van der Waals surface area contributed by atoms with Crippen molar-refractivity contribution in [2.75, 3.05) is 46.2 Å². The number of aromatic nitrogens is 3. The number of nitrogens with two attached hydrogens (primary N) is 2. The Kier molecular flexibility index (Phi) is 20.6. The van der Waals surface area contributed by atoms with Gasteiger partial charge in [-0.25, -0.2) is 9.07 Å². The first-order valence-corrected chi connectivity index (χ1v) is 16.5. The highest BCUT2D eigenvalue weighted by Crippen LogP contribution is 2.29. The lowest BCUT2D eigenvalue weighted by Gasteiger charge is -2.13. The van der Waals surface area contributed by atoms with E-state index in [9.17, 15) is 18.8 Å². The molecule has 0 spiro atoms. The Morgan fingerprint density at radius 2 is 1.73 bits per heavy atom. The van der Waals surface area contributed by atoms with Crippen LogP contribution in [0.25, 0.3) is 16.9 Å². The normalized spacial score (nSPS) is 13.4. The predicted molar refractivity (Wildman–Crippen MR) is 204 cm³/mol. The standard InChI is InChI=1S/C18H18N4O2.C7H7F.C7H14N4O2S.C2H7N.C2H2/c1-12-16(13-9-14(11-23)18(24)21(3)10-13)20-22(17(12)19-2)15-7-5-4-6-8-15;1-6-4-2-3-5-7(6)8;8-6(4-14-9)1-11-2-7(3-13-11)10-5-12;1-3-2;1-2/h4-11,19H,1-3H3;2-5H,1H3;4-5,7H,1-3,8-9H2,(H,10,12);3H,1-2H3;1-2H/b;;6-4-;;/t;;7-;;/m..1../s1. The van der Waals surface area contributed by atoms with Gasteiger partial charge in [-0.2, -0.15) is 10.2 Å². The lowest BCUT2D eigenvalue weighted by Crippen LogP contribution is -2.33. The fourth-order valence-corrected chi connectivity index (χ4v) is 4.75. The third-order valence-corrected chi connectivity index (χ3v) is 7.25. The van der Waals surface area contributed by atoms with Crippen molar-refractivity contribution in [1.82, 2.24) is 30.0 Å². The molecule has 51 heavy (non-hydrogen) atoms. The van der Waals surface area contributed by atoms with Crippen LogP contribution in [0.1, 0.15) is 21.5 Å². The minimum Gasteiger partial charge on any atom is -0.400 e. The van der Waals surface area contributed by atoms with Crippen molar-refractivity contribution in [3.05, 3.63) is 111 Å². The Morgan fingerprint density at radius 1 is 1.10 bits per heavy atom. The first-order chi connectivity index (χ1) is 24.5. The molecule has 1 fully saturated rings. The highest BCUT2D eigenvalue weighted by atomic mass is 32.2. The minimum atomic E-state index is -0.317. The molecule has 1 atom stereocenters. The lowest BCUT2D eigenvalue weighted by atomic mass is 10.1. The molecule has 0 aliphatic carbocycles. The molecule has 274 valence electrons. The SMILES string of the molecule is C#C.CNC.CNc1c(C)c(-c2cc(C=O)c(=O)n(C)c2)nn1-c1ccccc1.Cc1ccccc1F.NS/C=C(\N)CN1C[C@@H](NC=O)CO1. The number of amides is 1. The van der Waals surface area contributed by atoms with Crippen molar-refractivity contribution >= 4 is 30.5 Å². The zero-order valence-corrected chi connectivity index (χ0v) is 30.6. The summed E-state index contributed by atoms with van der Waals surface area (Å²) < 4.78 is 15.5. The molecule has 1 aliphatic heterocycles. The van der Waals surface area contributed by atoms with Gasteiger partial charge >= 0.3 is 0 Å². The van der Waals surface area contributed by atoms with Crippen molar-refractivity contribution in [3.8, 4) is 29.8 Å². The van der Waals surface area contributed by atoms with E-state index in [4.69, 9.17) is 20.8 Å². The number of hydrogen-bond donors (Lipinski definition) is 5. The number of aldehydes is 1. The van der Waals surface area contributed by atoms with Crippen LogP contribution in [-0.4, -0.2) is 79.0 Å². The van der Waals surface area contributed by atoms with Crippen LogP contribution in [0.3, 0.4) is 0 Å². The molecule has 2 aromatic heterocycles. The number of rotatable bonds is 9. The molecule has 1 amide bonds. The van der Waals surface area contributed by atoms with Crippen molar-refractivity contribution in [3.63, 3.8) is 0 Å². The monoisotopic (exact) mass is 721 g/mol. The molecule has 1 aliphatic rings. The van der Waals surface area contributed by atoms with Gasteiger partial charge in [-0.3, -0.25) is 24.4 Å². The van der Waals surface area contributed by atoms with E-state index in [0.717, 1.165) is 40.3 Å². The topological polar surface area (TPSA) is 175 Å². The smallest absolute Gasteiger partial charge is 0.260 e. The molecule has 3 heterocycles. The van der Waals surface area contributed by atoms with E-state index in [2.05, 4.69) is 28.8 Å². The Labute approximate surface area is 303 Å². The highest BCUT2D eigenvalue weighted by molar-refractivity contribution is 8.00. The van der Waals surface area contributed by atoms with Crippen molar-refractivity contribution in [1.29, 1.82) is 0 Å². The quantitative estimate of drug-likeness (QED) is 0.0974. The molecule has 15 heteroatoms. The van der Waals surface area contributed by atoms with Gasteiger partial charge in [0, 0.05) is 49.1 Å². The zero-order valence-electron chi connectivity index (χ0n) is 29.8. The minimum absolute atomic E-state index is 0.0471. The van der Waals surface area contributed by atoms with Crippen LogP contribution in [0.2, 0.25) is 0 Å². The summed E-state index contributed by atoms with van der Waals surface area (Å²) >= 11 is 1.06. The van der Waals surface area contributed by atoms with E-state index in [-0.39, 0.29) is 23.0 Å². The largest absolute Gasteiger partial charge is 0.400 e. The molecule has 13 nitrogen and oxygen atoms in total. The van der Waals surface area contributed by atoms with Gasteiger partial charge in [-0.05, 0) is 57.8 Å². The maximum Gasteiger partial charge on any atom is 0.260 e. The Balaban J connectivity index is 0.000000405. The number of aryl methyl sites for hydroxylation is 2. The van der Waals surface area contributed by atoms with Gasteiger partial charge in [-0.1, -0.05) is 48.3 Å². The molecule has 2 aromatic carbocycles. The summed E-state index contributed by atoms with van der Waals surface area (Å²) in [6, 6.07) is 18.1. The second-order valence-corrected chi connectivity index (χ2v) is 11.2. The summed E-state index contributed by atoms with van der Waals surface area (Å²) in [4.78, 5) is 38.5. The van der Waals surface area contributed by atoms with Gasteiger partial charge in [0.2, 0.25) is 6.41 Å². The average Bonchev–Trinajstić information content (AvgIpc) is 3.72. The van der Waals surface area contributed by atoms with Crippen LogP contribution >= 0.6 is 11.9 Å². The summed E-state index contributed by atoms with van der Waals surface area (Å²) in [5, 5.41) is 21.8. The predicted octanol–water partition coefficient (Wildman–Crippen LogP) is 3.37. The molecule has 1 saturated heterocycles. The van der Waals surface area contributed by atoms with E-state index in [1.54, 1.807) is 48.8 Å². The van der Waals surface area contributed by atoms with Gasteiger partial charge in [0.05, 0.1) is 36.1 Å². The first-order valence-electron chi connectivity index (χ1n) is 15.5. The van der Waals surface area contributed by atoms with Crippen LogP contribution in [-0.2, 0) is 16.7 Å². The fourth-order valence-electron chi connectivity index (χ4n) is 4.50. The van der Waals surface area contributed by atoms with Crippen LogP contribution < -0.4 is 32.4 Å². The van der Waals surface area contributed by atoms with Crippen molar-refractivity contribution < 1.29 is 18.8 Å². The number of hydrogen-bond acceptors (Lipinski definition) is 11. The van der Waals surface area contributed by atoms with Crippen LogP contribution in [0.5, 0.6) is 0 Å². The number of hydroxylamine groups is 2. The van der Waals surface area contributed by atoms with E-state index in [1.165, 1.54) is 10.6 Å². The molecular formula is C36H48FN9O4S. The molecule has 0 radical (unpaired) electrons. The van der Waals surface area contributed by atoms with Gasteiger partial charge in [0.15, 0.2) is 6.29 Å². The third kappa shape index (κ3) is 13.9. The Bertz CT molecular complexity index is 1740. The average molecular weight is 722 g/mol. The maximum atomic E-state index is 12.3. The molecule has 5 rings (SSSR count). The molecule has 0 unspecified atom stereocenters. The molecule has 0 bridgehead atoms. The number of terminal acetylenes is 1. The summed E-state index contributed by atoms with van der Waals surface area (Å²) in [6.07, 6.45) is 10.9. The maximum absolute atomic E-state index is 12.3. The van der Waals surface area contributed by atoms with E-state index in [1.807, 2.05) is 69.1 Å². The van der Waals surface area contributed by atoms with Crippen LogP contribution in [0.4, 0.5) is 10.2 Å². The molecule has 0 saturated carbocycles. The van der Waals surface area contributed by atoms with Gasteiger partial charge in [0.25, 0.3) is 5.56 Å². The third-order valence-electron chi connectivity index (χ3n) is 6.81. The number of nitrogens with zero attached hydrogens (tertiary/aromatic N) is 4. The molecule has 7 N–H and O–H groups in total. The van der Waals surface area contributed by atoms with Crippen LogP contribution in [0, 0.1) is 32.5 Å².